The van der Waals surface area contributed by atoms with E-state index in [1.165, 1.54) is 0 Å². The van der Waals surface area contributed by atoms with Crippen molar-refractivity contribution in [3.05, 3.63) is 0 Å². The summed E-state index contributed by atoms with van der Waals surface area (Å²) in [5.41, 5.74) is 0. The van der Waals surface area contributed by atoms with E-state index < -0.39 is 26.6 Å². The molecule has 0 spiro atoms. The first-order valence-electron chi connectivity index (χ1n) is 5.75. The third-order valence-corrected chi connectivity index (χ3v) is 3.23. The van der Waals surface area contributed by atoms with Crippen LogP contribution in [-0.4, -0.2) is 45.6 Å². The van der Waals surface area contributed by atoms with Crippen LogP contribution in [0.25, 0.3) is 0 Å². The summed E-state index contributed by atoms with van der Waals surface area (Å²) in [6.45, 7) is 3.04. The Kier molecular flexibility index (Phi) is 5.46. The second-order valence-electron chi connectivity index (χ2n) is 4.64. The second kappa shape index (κ2) is 6.23. The van der Waals surface area contributed by atoms with Crippen molar-refractivity contribution in [2.75, 3.05) is 6.61 Å². The lowest BCUT2D eigenvalue weighted by molar-refractivity contribution is -0.133. The zero-order chi connectivity index (χ0) is 13.9. The summed E-state index contributed by atoms with van der Waals surface area (Å²) < 4.78 is 19.9. The van der Waals surface area contributed by atoms with Crippen molar-refractivity contribution in [2.24, 2.45) is 5.92 Å². The molecule has 0 heterocycles. The van der Waals surface area contributed by atoms with Gasteiger partial charge in [0.2, 0.25) is 0 Å². The van der Waals surface area contributed by atoms with Gasteiger partial charge in [-0.3, -0.25) is 9.32 Å². The topological polar surface area (TPSA) is 113 Å². The Bertz CT molecular complexity index is 339. The van der Waals surface area contributed by atoms with Crippen molar-refractivity contribution in [1.29, 1.82) is 0 Å². The van der Waals surface area contributed by atoms with Gasteiger partial charge in [-0.25, -0.2) is 4.57 Å². The van der Waals surface area contributed by atoms with Gasteiger partial charge < -0.3 is 19.6 Å². The van der Waals surface area contributed by atoms with Gasteiger partial charge in [0.1, 0.15) is 6.10 Å². The Morgan fingerprint density at radius 1 is 1.50 bits per heavy atom. The maximum Gasteiger partial charge on any atom is 0.469 e. The summed E-state index contributed by atoms with van der Waals surface area (Å²) in [4.78, 5) is 28.5. The number of ether oxygens (including phenoxy) is 1. The smallest absolute Gasteiger partial charge is 0.390 e. The molecule has 4 atom stereocenters. The monoisotopic (exact) mass is 282 g/mol. The lowest BCUT2D eigenvalue weighted by Crippen LogP contribution is -2.28. The third-order valence-electron chi connectivity index (χ3n) is 2.74. The maximum absolute atomic E-state index is 11.6. The van der Waals surface area contributed by atoms with E-state index >= 15 is 0 Å². The maximum atomic E-state index is 11.6. The van der Waals surface area contributed by atoms with Crippen LogP contribution in [0.4, 0.5) is 0 Å². The van der Waals surface area contributed by atoms with Crippen molar-refractivity contribution >= 4 is 13.6 Å². The van der Waals surface area contributed by atoms with Crippen molar-refractivity contribution in [3.63, 3.8) is 0 Å². The number of Topliss-reactive ketones (excluding diaryl/α,β-unsaturated/α-hetero) is 1. The quantitative estimate of drug-likeness (QED) is 0.546. The van der Waals surface area contributed by atoms with Crippen molar-refractivity contribution in [1.82, 2.24) is 0 Å². The van der Waals surface area contributed by atoms with Crippen molar-refractivity contribution in [2.45, 2.75) is 45.0 Å². The lowest BCUT2D eigenvalue weighted by Gasteiger charge is -2.15. The van der Waals surface area contributed by atoms with Crippen LogP contribution in [0.3, 0.4) is 0 Å². The van der Waals surface area contributed by atoms with Gasteiger partial charge in [0.15, 0.2) is 5.78 Å². The standard InChI is InChI=1S/C10H19O7P/c1-6-3-10(6)17-7(2)9(12)4-8(11)5-16-18(13,14)15/h6-8,10-11H,3-5H2,1-2H3,(H2,13,14,15). The molecule has 8 heteroatoms. The van der Waals surface area contributed by atoms with Crippen LogP contribution >= 0.6 is 7.82 Å². The SMILES string of the molecule is CC(OC1CC1C)C(=O)CC(O)COP(=O)(O)O. The molecule has 1 fully saturated rings. The minimum absolute atomic E-state index is 0.104. The second-order valence-corrected chi connectivity index (χ2v) is 5.88. The fourth-order valence-electron chi connectivity index (χ4n) is 1.46. The Labute approximate surface area is 105 Å². The molecule has 3 N–H and O–H groups in total. The molecule has 0 aromatic rings. The number of phosphoric acid groups is 1. The Morgan fingerprint density at radius 3 is 2.50 bits per heavy atom. The predicted molar refractivity (Wildman–Crippen MR) is 61.7 cm³/mol. The molecule has 1 aliphatic carbocycles. The van der Waals surface area contributed by atoms with Gasteiger partial charge in [-0.05, 0) is 19.3 Å². The first-order valence-corrected chi connectivity index (χ1v) is 7.28. The Hall–Kier alpha value is -0.300. The molecule has 0 radical (unpaired) electrons. The summed E-state index contributed by atoms with van der Waals surface area (Å²) in [7, 11) is -4.61. The minimum atomic E-state index is -4.61. The largest absolute Gasteiger partial charge is 0.469 e. The van der Waals surface area contributed by atoms with Crippen molar-refractivity contribution in [3.8, 4) is 0 Å². The zero-order valence-corrected chi connectivity index (χ0v) is 11.2. The van der Waals surface area contributed by atoms with E-state index in [1.807, 2.05) is 6.92 Å². The van der Waals surface area contributed by atoms with E-state index in [-0.39, 0.29) is 18.3 Å². The number of carbonyl (C=O) groups excluding carboxylic acids is 1. The highest BCUT2D eigenvalue weighted by Crippen LogP contribution is 2.36. The Morgan fingerprint density at radius 2 is 2.06 bits per heavy atom. The number of ketones is 1. The molecule has 1 aliphatic rings. The predicted octanol–water partition coefficient (Wildman–Crippen LogP) is 0.229. The highest BCUT2D eigenvalue weighted by Gasteiger charge is 2.36. The van der Waals surface area contributed by atoms with Crippen LogP contribution in [0.15, 0.2) is 0 Å². The highest BCUT2D eigenvalue weighted by atomic mass is 31.2. The number of rotatable bonds is 8. The normalized spacial score (nSPS) is 26.7. The van der Waals surface area contributed by atoms with Crippen LogP contribution in [0.5, 0.6) is 0 Å². The van der Waals surface area contributed by atoms with Gasteiger partial charge in [0.05, 0.1) is 18.8 Å². The number of hydrogen-bond acceptors (Lipinski definition) is 5. The molecule has 1 rings (SSSR count). The summed E-state index contributed by atoms with van der Waals surface area (Å²) in [5, 5.41) is 9.39. The van der Waals surface area contributed by atoms with Crippen molar-refractivity contribution < 1.29 is 33.5 Å². The minimum Gasteiger partial charge on any atom is -0.390 e. The van der Waals surface area contributed by atoms with Gasteiger partial charge in [0.25, 0.3) is 0 Å². The van der Waals surface area contributed by atoms with Gasteiger partial charge in [-0.2, -0.15) is 0 Å². The van der Waals surface area contributed by atoms with E-state index in [1.54, 1.807) is 6.92 Å². The number of aliphatic hydroxyl groups excluding tert-OH is 1. The average Bonchev–Trinajstić information content (AvgIpc) is 2.90. The van der Waals surface area contributed by atoms with Crippen LogP contribution in [0.1, 0.15) is 26.7 Å². The van der Waals surface area contributed by atoms with E-state index in [4.69, 9.17) is 14.5 Å². The third kappa shape index (κ3) is 6.04. The molecule has 7 nitrogen and oxygen atoms in total. The first kappa shape index (κ1) is 15.8. The summed E-state index contributed by atoms with van der Waals surface area (Å²) >= 11 is 0. The number of hydrogen-bond donors (Lipinski definition) is 3. The molecule has 1 saturated carbocycles. The van der Waals surface area contributed by atoms with Crippen LogP contribution in [-0.2, 0) is 18.6 Å². The van der Waals surface area contributed by atoms with Gasteiger partial charge in [-0.15, -0.1) is 0 Å². The van der Waals surface area contributed by atoms with Gasteiger partial charge in [-0.1, -0.05) is 6.92 Å². The van der Waals surface area contributed by atoms with E-state index in [2.05, 4.69) is 4.52 Å². The molecule has 0 aromatic heterocycles. The first-order chi connectivity index (χ1) is 8.19. The van der Waals surface area contributed by atoms with E-state index in [9.17, 15) is 14.5 Å². The van der Waals surface area contributed by atoms with Crippen LogP contribution < -0.4 is 0 Å². The number of aliphatic hydroxyl groups is 1. The number of phosphoric ester groups is 1. The van der Waals surface area contributed by atoms with E-state index in [0.29, 0.717) is 5.92 Å². The molecule has 106 valence electrons. The fourth-order valence-corrected chi connectivity index (χ4v) is 1.82. The molecule has 18 heavy (non-hydrogen) atoms. The molecular formula is C10H19O7P. The Balaban J connectivity index is 2.23. The lowest BCUT2D eigenvalue weighted by atomic mass is 10.1. The fraction of sp³-hybridized carbons (Fsp3) is 0.900. The molecule has 0 aromatic carbocycles. The van der Waals surface area contributed by atoms with E-state index in [0.717, 1.165) is 6.42 Å². The van der Waals surface area contributed by atoms with Crippen LogP contribution in [0, 0.1) is 5.92 Å². The summed E-state index contributed by atoms with van der Waals surface area (Å²) in [6, 6.07) is 0. The molecule has 0 saturated heterocycles. The summed E-state index contributed by atoms with van der Waals surface area (Å²) in [6.07, 6.45) is -1.08. The molecular weight excluding hydrogens is 263 g/mol. The van der Waals surface area contributed by atoms with Crippen LogP contribution in [0.2, 0.25) is 0 Å². The molecule has 0 bridgehead atoms. The molecule has 0 aliphatic heterocycles. The highest BCUT2D eigenvalue weighted by molar-refractivity contribution is 7.46. The summed E-state index contributed by atoms with van der Waals surface area (Å²) in [5.74, 6) is 0.152. The molecule has 4 unspecified atom stereocenters. The zero-order valence-electron chi connectivity index (χ0n) is 10.4. The van der Waals surface area contributed by atoms with Gasteiger partial charge in [0, 0.05) is 6.42 Å². The number of carbonyl (C=O) groups is 1. The average molecular weight is 282 g/mol. The van der Waals surface area contributed by atoms with Gasteiger partial charge >= 0.3 is 7.82 Å². The molecule has 0 amide bonds.